The SMILES string of the molecule is CCC(C(=O)NCc1cn(C)nc1C)n1cc(Br)cn1. The Bertz CT molecular complexity index is 604. The van der Waals surface area contributed by atoms with Crippen molar-refractivity contribution in [1.29, 1.82) is 0 Å². The van der Waals surface area contributed by atoms with Crippen molar-refractivity contribution in [3.05, 3.63) is 34.3 Å². The fourth-order valence-electron chi connectivity index (χ4n) is 2.10. The molecule has 0 fully saturated rings. The van der Waals surface area contributed by atoms with E-state index in [1.807, 2.05) is 33.3 Å². The van der Waals surface area contributed by atoms with Crippen molar-refractivity contribution in [2.24, 2.45) is 7.05 Å². The second kappa shape index (κ2) is 6.21. The highest BCUT2D eigenvalue weighted by Crippen LogP contribution is 2.15. The summed E-state index contributed by atoms with van der Waals surface area (Å²) in [5.74, 6) is -0.0358. The highest BCUT2D eigenvalue weighted by atomic mass is 79.9. The molecule has 1 atom stereocenters. The van der Waals surface area contributed by atoms with E-state index in [2.05, 4.69) is 31.4 Å². The van der Waals surface area contributed by atoms with E-state index in [1.54, 1.807) is 15.6 Å². The molecule has 7 heteroatoms. The number of halogens is 1. The van der Waals surface area contributed by atoms with Crippen LogP contribution in [-0.4, -0.2) is 25.5 Å². The average Bonchev–Trinajstić information content (AvgIpc) is 2.94. The Labute approximate surface area is 126 Å². The summed E-state index contributed by atoms with van der Waals surface area (Å²) < 4.78 is 4.29. The van der Waals surface area contributed by atoms with E-state index in [1.165, 1.54) is 0 Å². The first-order valence-electron chi connectivity index (χ1n) is 6.47. The molecule has 1 amide bonds. The van der Waals surface area contributed by atoms with Crippen LogP contribution in [0.4, 0.5) is 0 Å². The average molecular weight is 340 g/mol. The molecule has 2 rings (SSSR count). The molecule has 0 aliphatic heterocycles. The monoisotopic (exact) mass is 339 g/mol. The first kappa shape index (κ1) is 14.8. The molecule has 0 saturated carbocycles. The normalized spacial score (nSPS) is 12.4. The lowest BCUT2D eigenvalue weighted by molar-refractivity contribution is -0.124. The van der Waals surface area contributed by atoms with Gasteiger partial charge < -0.3 is 5.32 Å². The van der Waals surface area contributed by atoms with Crippen molar-refractivity contribution >= 4 is 21.8 Å². The summed E-state index contributed by atoms with van der Waals surface area (Å²) in [5, 5.41) is 11.4. The zero-order valence-corrected chi connectivity index (χ0v) is 13.4. The molecule has 108 valence electrons. The van der Waals surface area contributed by atoms with Gasteiger partial charge in [0, 0.05) is 31.5 Å². The van der Waals surface area contributed by atoms with Gasteiger partial charge in [0.1, 0.15) is 6.04 Å². The van der Waals surface area contributed by atoms with Crippen LogP contribution in [0.2, 0.25) is 0 Å². The van der Waals surface area contributed by atoms with Crippen molar-refractivity contribution in [3.63, 3.8) is 0 Å². The van der Waals surface area contributed by atoms with Crippen LogP contribution < -0.4 is 5.32 Å². The van der Waals surface area contributed by atoms with Crippen LogP contribution in [0.1, 0.15) is 30.6 Å². The minimum Gasteiger partial charge on any atom is -0.350 e. The predicted octanol–water partition coefficient (Wildman–Crippen LogP) is 1.96. The van der Waals surface area contributed by atoms with Gasteiger partial charge in [0.2, 0.25) is 5.91 Å². The summed E-state index contributed by atoms with van der Waals surface area (Å²) in [5.41, 5.74) is 1.96. The molecule has 6 nitrogen and oxygen atoms in total. The van der Waals surface area contributed by atoms with E-state index in [0.717, 1.165) is 15.7 Å². The van der Waals surface area contributed by atoms with Crippen LogP contribution in [0.15, 0.2) is 23.1 Å². The fourth-order valence-corrected chi connectivity index (χ4v) is 2.40. The second-order valence-corrected chi connectivity index (χ2v) is 5.61. The summed E-state index contributed by atoms with van der Waals surface area (Å²) in [6, 6.07) is -0.293. The Morgan fingerprint density at radius 3 is 2.75 bits per heavy atom. The highest BCUT2D eigenvalue weighted by Gasteiger charge is 2.19. The third-order valence-electron chi connectivity index (χ3n) is 3.15. The largest absolute Gasteiger partial charge is 0.350 e. The van der Waals surface area contributed by atoms with Crippen molar-refractivity contribution < 1.29 is 4.79 Å². The Hall–Kier alpha value is -1.63. The number of nitrogens with one attached hydrogen (secondary N) is 1. The van der Waals surface area contributed by atoms with Crippen LogP contribution in [0.5, 0.6) is 0 Å². The van der Waals surface area contributed by atoms with Crippen LogP contribution in [0, 0.1) is 6.92 Å². The predicted molar refractivity (Wildman–Crippen MR) is 79.0 cm³/mol. The highest BCUT2D eigenvalue weighted by molar-refractivity contribution is 9.10. The van der Waals surface area contributed by atoms with Crippen molar-refractivity contribution in [2.75, 3.05) is 0 Å². The van der Waals surface area contributed by atoms with E-state index in [0.29, 0.717) is 13.0 Å². The molecular formula is C13H18BrN5O. The van der Waals surface area contributed by atoms with Crippen LogP contribution in [0.25, 0.3) is 0 Å². The number of aryl methyl sites for hydroxylation is 2. The second-order valence-electron chi connectivity index (χ2n) is 4.69. The quantitative estimate of drug-likeness (QED) is 0.905. The van der Waals surface area contributed by atoms with Gasteiger partial charge in [0.25, 0.3) is 0 Å². The maximum Gasteiger partial charge on any atom is 0.245 e. The van der Waals surface area contributed by atoms with Gasteiger partial charge in [-0.3, -0.25) is 14.2 Å². The van der Waals surface area contributed by atoms with Crippen molar-refractivity contribution in [2.45, 2.75) is 32.9 Å². The first-order chi connectivity index (χ1) is 9.51. The van der Waals surface area contributed by atoms with Crippen LogP contribution in [0.3, 0.4) is 0 Å². The van der Waals surface area contributed by atoms with E-state index in [4.69, 9.17) is 0 Å². The molecule has 2 aromatic heterocycles. The molecule has 1 N–H and O–H groups in total. The molecule has 0 spiro atoms. The molecule has 2 aromatic rings. The molecule has 0 saturated heterocycles. The number of carbonyl (C=O) groups excluding carboxylic acids is 1. The third-order valence-corrected chi connectivity index (χ3v) is 3.56. The zero-order chi connectivity index (χ0) is 14.7. The molecular weight excluding hydrogens is 322 g/mol. The van der Waals surface area contributed by atoms with Gasteiger partial charge >= 0.3 is 0 Å². The van der Waals surface area contributed by atoms with E-state index in [-0.39, 0.29) is 11.9 Å². The maximum absolute atomic E-state index is 12.3. The van der Waals surface area contributed by atoms with Gasteiger partial charge in [-0.1, -0.05) is 6.92 Å². The first-order valence-corrected chi connectivity index (χ1v) is 7.27. The number of carbonyl (C=O) groups is 1. The summed E-state index contributed by atoms with van der Waals surface area (Å²) in [6.45, 7) is 4.38. The summed E-state index contributed by atoms with van der Waals surface area (Å²) >= 11 is 3.34. The Kier molecular flexibility index (Phi) is 4.59. The van der Waals surface area contributed by atoms with Crippen molar-refractivity contribution in [1.82, 2.24) is 24.9 Å². The lowest BCUT2D eigenvalue weighted by atomic mass is 10.2. The summed E-state index contributed by atoms with van der Waals surface area (Å²) in [4.78, 5) is 12.3. The van der Waals surface area contributed by atoms with Crippen LogP contribution in [-0.2, 0) is 18.4 Å². The number of aromatic nitrogens is 4. The van der Waals surface area contributed by atoms with E-state index in [9.17, 15) is 4.79 Å². The van der Waals surface area contributed by atoms with Gasteiger partial charge in [0.15, 0.2) is 0 Å². The molecule has 1 unspecified atom stereocenters. The molecule has 0 radical (unpaired) electrons. The summed E-state index contributed by atoms with van der Waals surface area (Å²) in [7, 11) is 1.87. The third kappa shape index (κ3) is 3.27. The number of hydrogen-bond donors (Lipinski definition) is 1. The minimum atomic E-state index is -0.293. The van der Waals surface area contributed by atoms with Gasteiger partial charge in [0.05, 0.1) is 16.4 Å². The Morgan fingerprint density at radius 1 is 1.50 bits per heavy atom. The minimum absolute atomic E-state index is 0.0358. The molecule has 2 heterocycles. The van der Waals surface area contributed by atoms with Gasteiger partial charge in [-0.15, -0.1) is 0 Å². The fraction of sp³-hybridized carbons (Fsp3) is 0.462. The van der Waals surface area contributed by atoms with Gasteiger partial charge in [-0.2, -0.15) is 10.2 Å². The molecule has 0 aliphatic carbocycles. The molecule has 20 heavy (non-hydrogen) atoms. The Morgan fingerprint density at radius 2 is 2.25 bits per heavy atom. The zero-order valence-electron chi connectivity index (χ0n) is 11.8. The number of amides is 1. The number of rotatable bonds is 5. The smallest absolute Gasteiger partial charge is 0.245 e. The van der Waals surface area contributed by atoms with Crippen molar-refractivity contribution in [3.8, 4) is 0 Å². The van der Waals surface area contributed by atoms with Gasteiger partial charge in [-0.05, 0) is 29.3 Å². The number of nitrogens with zero attached hydrogens (tertiary/aromatic N) is 4. The van der Waals surface area contributed by atoms with E-state index >= 15 is 0 Å². The standard InChI is InChI=1S/C13H18BrN5O/c1-4-12(19-8-11(14)6-16-19)13(20)15-5-10-7-18(3)17-9(10)2/h6-8,12H,4-5H2,1-3H3,(H,15,20). The summed E-state index contributed by atoms with van der Waals surface area (Å²) in [6.07, 6.45) is 6.09. The molecule has 0 aromatic carbocycles. The lowest BCUT2D eigenvalue weighted by Crippen LogP contribution is -2.32. The maximum atomic E-state index is 12.3. The Balaban J connectivity index is 2.01. The topological polar surface area (TPSA) is 64.7 Å². The molecule has 0 bridgehead atoms. The number of hydrogen-bond acceptors (Lipinski definition) is 3. The molecule has 0 aliphatic rings. The van der Waals surface area contributed by atoms with Gasteiger partial charge in [-0.25, -0.2) is 0 Å². The van der Waals surface area contributed by atoms with Crippen LogP contribution >= 0.6 is 15.9 Å². The van der Waals surface area contributed by atoms with E-state index < -0.39 is 0 Å². The lowest BCUT2D eigenvalue weighted by Gasteiger charge is -2.15.